The van der Waals surface area contributed by atoms with Gasteiger partial charge in [-0.3, -0.25) is 4.98 Å². The van der Waals surface area contributed by atoms with Crippen LogP contribution in [0.3, 0.4) is 0 Å². The highest BCUT2D eigenvalue weighted by Gasteiger charge is 2.35. The SMILES string of the molecule is [B]C(Nc1cc(Cl)c2ncc(C#N)c(NC(CCC#N)c3ccccc3)c2c1)(c1cn(C2CC2)nn1)c1ccccc1Cl. The number of nitrogens with zero attached hydrogens (tertiary/aromatic N) is 6. The molecule has 2 N–H and O–H groups in total. The fourth-order valence-electron chi connectivity index (χ4n) is 5.22. The number of halogens is 2. The number of anilines is 2. The van der Waals surface area contributed by atoms with Crippen LogP contribution in [0, 0.1) is 22.7 Å². The van der Waals surface area contributed by atoms with Crippen molar-refractivity contribution in [1.29, 1.82) is 10.5 Å². The molecule has 1 fully saturated rings. The molecule has 1 aliphatic rings. The highest BCUT2D eigenvalue weighted by molar-refractivity contribution is 6.36. The first-order valence-corrected chi connectivity index (χ1v) is 14.6. The van der Waals surface area contributed by atoms with Crippen LogP contribution in [-0.2, 0) is 5.44 Å². The monoisotopic (exact) mass is 602 g/mol. The summed E-state index contributed by atoms with van der Waals surface area (Å²) < 4.78 is 1.83. The molecule has 2 atom stereocenters. The van der Waals surface area contributed by atoms with E-state index in [2.05, 4.69) is 38.1 Å². The maximum atomic E-state index is 10.1. The second kappa shape index (κ2) is 12.0. The number of rotatable bonds is 10. The third-order valence-electron chi connectivity index (χ3n) is 7.59. The zero-order chi connectivity index (χ0) is 30.0. The standard InChI is InChI=1S/C32H25BCl2N8/c33-32(25-9-4-5-10-26(25)34,29-19-43(42-41-29)23-12-13-23)40-22-15-24-30(21(17-37)18-38-31(24)27(35)16-22)39-28(11-6-14-36)20-7-2-1-3-8-20/h1-5,7-10,15-16,18-19,23,28,40H,6,11-13H2,(H,38,39). The largest absolute Gasteiger partial charge is 0.378 e. The lowest BCUT2D eigenvalue weighted by Gasteiger charge is -2.32. The summed E-state index contributed by atoms with van der Waals surface area (Å²) >= 11 is 13.5. The van der Waals surface area contributed by atoms with Gasteiger partial charge in [-0.15, -0.1) is 5.10 Å². The molecule has 43 heavy (non-hydrogen) atoms. The Kier molecular flexibility index (Phi) is 7.95. The molecule has 3 aromatic carbocycles. The molecule has 0 saturated heterocycles. The van der Waals surface area contributed by atoms with Crippen LogP contribution < -0.4 is 10.6 Å². The summed E-state index contributed by atoms with van der Waals surface area (Å²) in [5, 5.41) is 36.6. The zero-order valence-corrected chi connectivity index (χ0v) is 24.5. The lowest BCUT2D eigenvalue weighted by atomic mass is 9.69. The number of benzene rings is 3. The van der Waals surface area contributed by atoms with Gasteiger partial charge in [-0.05, 0) is 48.6 Å². The molecule has 8 nitrogen and oxygen atoms in total. The fourth-order valence-corrected chi connectivity index (χ4v) is 5.77. The van der Waals surface area contributed by atoms with Crippen LogP contribution in [0.5, 0.6) is 0 Å². The van der Waals surface area contributed by atoms with E-state index in [0.717, 1.165) is 18.4 Å². The first-order valence-electron chi connectivity index (χ1n) is 13.9. The maximum Gasteiger partial charge on any atom is 0.119 e. The van der Waals surface area contributed by atoms with Crippen LogP contribution in [0.25, 0.3) is 10.9 Å². The third kappa shape index (κ3) is 5.75. The van der Waals surface area contributed by atoms with Gasteiger partial charge in [-0.1, -0.05) is 76.9 Å². The number of nitrogens with one attached hydrogen (secondary N) is 2. The van der Waals surface area contributed by atoms with Gasteiger partial charge in [0.15, 0.2) is 0 Å². The van der Waals surface area contributed by atoms with Gasteiger partial charge >= 0.3 is 0 Å². The molecule has 2 heterocycles. The van der Waals surface area contributed by atoms with Crippen molar-refractivity contribution in [1.82, 2.24) is 20.0 Å². The predicted octanol–water partition coefficient (Wildman–Crippen LogP) is 7.28. The Morgan fingerprint density at radius 2 is 1.81 bits per heavy atom. The van der Waals surface area contributed by atoms with Gasteiger partial charge in [0.2, 0.25) is 0 Å². The van der Waals surface area contributed by atoms with Gasteiger partial charge in [-0.2, -0.15) is 10.5 Å². The smallest absolute Gasteiger partial charge is 0.119 e. The van der Waals surface area contributed by atoms with Crippen LogP contribution in [0.4, 0.5) is 11.4 Å². The molecule has 6 rings (SSSR count). The molecule has 11 heteroatoms. The van der Waals surface area contributed by atoms with E-state index in [1.54, 1.807) is 12.1 Å². The summed E-state index contributed by atoms with van der Waals surface area (Å²) in [7, 11) is 7.14. The van der Waals surface area contributed by atoms with E-state index in [-0.39, 0.29) is 6.04 Å². The van der Waals surface area contributed by atoms with Gasteiger partial charge < -0.3 is 10.6 Å². The van der Waals surface area contributed by atoms with Crippen molar-refractivity contribution >= 4 is 53.3 Å². The highest BCUT2D eigenvalue weighted by Crippen LogP contribution is 2.40. The van der Waals surface area contributed by atoms with Crippen LogP contribution in [0.1, 0.15) is 60.2 Å². The number of fused-ring (bicyclic) bond motifs is 1. The molecular weight excluding hydrogens is 578 g/mol. The molecule has 2 unspecified atom stereocenters. The molecule has 5 aromatic rings. The Bertz CT molecular complexity index is 1880. The second-order valence-corrected chi connectivity index (χ2v) is 11.4. The molecule has 1 aliphatic carbocycles. The van der Waals surface area contributed by atoms with E-state index in [0.29, 0.717) is 68.0 Å². The van der Waals surface area contributed by atoms with E-state index in [1.807, 2.05) is 65.5 Å². The quantitative estimate of drug-likeness (QED) is 0.161. The van der Waals surface area contributed by atoms with E-state index >= 15 is 0 Å². The third-order valence-corrected chi connectivity index (χ3v) is 8.20. The van der Waals surface area contributed by atoms with Crippen LogP contribution in [0.15, 0.2) is 79.1 Å². The molecule has 0 amide bonds. The molecule has 0 aliphatic heterocycles. The van der Waals surface area contributed by atoms with E-state index < -0.39 is 5.44 Å². The predicted molar refractivity (Wildman–Crippen MR) is 169 cm³/mol. The summed E-state index contributed by atoms with van der Waals surface area (Å²) in [6.07, 6.45) is 6.31. The summed E-state index contributed by atoms with van der Waals surface area (Å²) in [5.74, 6) is 0. The normalized spacial score (nSPS) is 14.8. The van der Waals surface area contributed by atoms with Crippen LogP contribution in [-0.4, -0.2) is 27.8 Å². The Morgan fingerprint density at radius 3 is 2.53 bits per heavy atom. The molecule has 0 spiro atoms. The first kappa shape index (κ1) is 28.5. The molecule has 2 radical (unpaired) electrons. The number of pyridine rings is 1. The van der Waals surface area contributed by atoms with Crippen molar-refractivity contribution in [3.8, 4) is 12.1 Å². The Labute approximate surface area is 260 Å². The molecule has 1 saturated carbocycles. The second-order valence-electron chi connectivity index (χ2n) is 10.5. The lowest BCUT2D eigenvalue weighted by Crippen LogP contribution is -2.38. The number of nitriles is 2. The van der Waals surface area contributed by atoms with Gasteiger partial charge in [-0.25, -0.2) is 4.68 Å². The fraction of sp³-hybridized carbons (Fsp3) is 0.219. The van der Waals surface area contributed by atoms with E-state index in [1.165, 1.54) is 6.20 Å². The average Bonchev–Trinajstić information content (AvgIpc) is 3.75. The van der Waals surface area contributed by atoms with Crippen molar-refractivity contribution in [2.45, 2.75) is 43.2 Å². The summed E-state index contributed by atoms with van der Waals surface area (Å²) in [5.41, 5.74) is 2.71. The van der Waals surface area contributed by atoms with Crippen LogP contribution >= 0.6 is 23.2 Å². The average molecular weight is 603 g/mol. The van der Waals surface area contributed by atoms with Gasteiger partial charge in [0, 0.05) is 28.7 Å². The van der Waals surface area contributed by atoms with Gasteiger partial charge in [0.05, 0.1) is 51.6 Å². The summed E-state index contributed by atoms with van der Waals surface area (Å²) in [6, 6.07) is 25.3. The minimum Gasteiger partial charge on any atom is -0.378 e. The van der Waals surface area contributed by atoms with Crippen molar-refractivity contribution in [3.05, 3.63) is 112 Å². The molecule has 0 bridgehead atoms. The van der Waals surface area contributed by atoms with E-state index in [4.69, 9.17) is 31.0 Å². The highest BCUT2D eigenvalue weighted by atomic mass is 35.5. The van der Waals surface area contributed by atoms with Crippen LogP contribution in [0.2, 0.25) is 10.0 Å². The number of aromatic nitrogens is 4. The van der Waals surface area contributed by atoms with Crippen molar-refractivity contribution in [2.24, 2.45) is 0 Å². The Morgan fingerprint density at radius 1 is 1.05 bits per heavy atom. The van der Waals surface area contributed by atoms with E-state index in [9.17, 15) is 10.5 Å². The molecule has 2 aromatic heterocycles. The topological polar surface area (TPSA) is 115 Å². The number of hydrogen-bond donors (Lipinski definition) is 2. The van der Waals surface area contributed by atoms with Crippen molar-refractivity contribution in [3.63, 3.8) is 0 Å². The van der Waals surface area contributed by atoms with Crippen molar-refractivity contribution < 1.29 is 0 Å². The van der Waals surface area contributed by atoms with Gasteiger partial charge in [0.25, 0.3) is 0 Å². The Balaban J connectivity index is 1.47. The van der Waals surface area contributed by atoms with Crippen molar-refractivity contribution in [2.75, 3.05) is 10.6 Å². The maximum absolute atomic E-state index is 10.1. The summed E-state index contributed by atoms with van der Waals surface area (Å²) in [4.78, 5) is 4.50. The Hall–Kier alpha value is -4.57. The lowest BCUT2D eigenvalue weighted by molar-refractivity contribution is 0.610. The first-order chi connectivity index (χ1) is 20.9. The molecule has 210 valence electrons. The zero-order valence-electron chi connectivity index (χ0n) is 23.0. The molecular formula is C32H25BCl2N8. The minimum atomic E-state index is -1.37. The van der Waals surface area contributed by atoms with Gasteiger partial charge in [0.1, 0.15) is 19.6 Å². The minimum absolute atomic E-state index is 0.233. The number of hydrogen-bond acceptors (Lipinski definition) is 7. The summed E-state index contributed by atoms with van der Waals surface area (Å²) in [6.45, 7) is 0.